The zero-order valence-electron chi connectivity index (χ0n) is 13.5. The molecule has 25 heavy (non-hydrogen) atoms. The first-order valence-electron chi connectivity index (χ1n) is 7.50. The van der Waals surface area contributed by atoms with E-state index in [1.165, 1.54) is 11.3 Å². The number of hydrogen-bond acceptors (Lipinski definition) is 5. The van der Waals surface area contributed by atoms with Gasteiger partial charge in [0, 0.05) is 35.8 Å². The number of rotatable bonds is 4. The lowest BCUT2D eigenvalue weighted by Gasteiger charge is -2.18. The number of carbonyl (C=O) groups excluding carboxylic acids is 1. The van der Waals surface area contributed by atoms with Crippen LogP contribution in [0.5, 0.6) is 5.75 Å². The van der Waals surface area contributed by atoms with Gasteiger partial charge in [0.25, 0.3) is 5.91 Å². The van der Waals surface area contributed by atoms with E-state index in [0.717, 1.165) is 20.9 Å². The number of nitrogens with zero attached hydrogens (tertiary/aromatic N) is 3. The second kappa shape index (κ2) is 6.33. The molecule has 0 aliphatic carbocycles. The van der Waals surface area contributed by atoms with E-state index in [1.807, 2.05) is 34.2 Å². The highest BCUT2D eigenvalue weighted by molar-refractivity contribution is 7.21. The number of amides is 1. The molecule has 0 unspecified atom stereocenters. The van der Waals surface area contributed by atoms with E-state index in [1.54, 1.807) is 36.5 Å². The Morgan fingerprint density at radius 1 is 1.40 bits per heavy atom. The quantitative estimate of drug-likeness (QED) is 0.513. The molecule has 1 aromatic carbocycles. The fraction of sp³-hybridized carbons (Fsp3) is 0.176. The van der Waals surface area contributed by atoms with E-state index in [9.17, 15) is 4.79 Å². The van der Waals surface area contributed by atoms with Crippen molar-refractivity contribution >= 4 is 55.5 Å². The first kappa shape index (κ1) is 16.4. The second-order valence-electron chi connectivity index (χ2n) is 5.59. The number of aromatic nitrogens is 2. The van der Waals surface area contributed by atoms with Crippen LogP contribution >= 0.6 is 34.3 Å². The SMILES string of the molecule is COc1ccc(Cl)cc1CN(C)C(=O)c1cc2c(nc3sccn32)s1. The van der Waals surface area contributed by atoms with E-state index in [-0.39, 0.29) is 5.91 Å². The van der Waals surface area contributed by atoms with Crippen molar-refractivity contribution in [3.63, 3.8) is 0 Å². The Kier molecular flexibility index (Phi) is 4.15. The number of hydrogen-bond donors (Lipinski definition) is 0. The summed E-state index contributed by atoms with van der Waals surface area (Å²) in [5, 5.41) is 2.60. The molecular weight excluding hydrogens is 378 g/mol. The van der Waals surface area contributed by atoms with Gasteiger partial charge in [0.1, 0.15) is 10.6 Å². The predicted octanol–water partition coefficient (Wildman–Crippen LogP) is 4.54. The van der Waals surface area contributed by atoms with Crippen LogP contribution in [0.2, 0.25) is 5.02 Å². The molecule has 0 bridgehead atoms. The summed E-state index contributed by atoms with van der Waals surface area (Å²) in [4.78, 5) is 21.5. The normalized spacial score (nSPS) is 11.3. The van der Waals surface area contributed by atoms with Crippen LogP contribution < -0.4 is 4.74 Å². The molecule has 0 saturated heterocycles. The molecule has 0 fully saturated rings. The maximum absolute atomic E-state index is 12.8. The van der Waals surface area contributed by atoms with Crippen molar-refractivity contribution in [2.24, 2.45) is 0 Å². The van der Waals surface area contributed by atoms with Crippen LogP contribution in [0.15, 0.2) is 35.8 Å². The summed E-state index contributed by atoms with van der Waals surface area (Å²) in [6.07, 6.45) is 1.97. The summed E-state index contributed by atoms with van der Waals surface area (Å²) >= 11 is 9.07. The van der Waals surface area contributed by atoms with Gasteiger partial charge in [-0.05, 0) is 24.3 Å². The van der Waals surface area contributed by atoms with E-state index >= 15 is 0 Å². The van der Waals surface area contributed by atoms with Gasteiger partial charge in [-0.2, -0.15) is 0 Å². The lowest BCUT2D eigenvalue weighted by Crippen LogP contribution is -2.25. The molecule has 5 nitrogen and oxygen atoms in total. The largest absolute Gasteiger partial charge is 0.496 e. The molecule has 0 atom stereocenters. The Morgan fingerprint density at radius 2 is 2.24 bits per heavy atom. The topological polar surface area (TPSA) is 46.8 Å². The van der Waals surface area contributed by atoms with Gasteiger partial charge >= 0.3 is 0 Å². The van der Waals surface area contributed by atoms with Crippen LogP contribution in [0, 0.1) is 0 Å². The summed E-state index contributed by atoms with van der Waals surface area (Å²) in [5.41, 5.74) is 1.84. The number of imidazole rings is 1. The summed E-state index contributed by atoms with van der Waals surface area (Å²) in [6, 6.07) is 7.30. The number of ether oxygens (including phenoxy) is 1. The first-order valence-corrected chi connectivity index (χ1v) is 9.57. The number of methoxy groups -OCH3 is 1. The Balaban J connectivity index is 1.61. The third kappa shape index (κ3) is 2.88. The zero-order chi connectivity index (χ0) is 17.6. The highest BCUT2D eigenvalue weighted by atomic mass is 35.5. The molecule has 128 valence electrons. The van der Waals surface area contributed by atoms with Crippen molar-refractivity contribution in [3.05, 3.63) is 51.3 Å². The van der Waals surface area contributed by atoms with Crippen molar-refractivity contribution in [2.75, 3.05) is 14.2 Å². The van der Waals surface area contributed by atoms with Crippen LogP contribution in [0.3, 0.4) is 0 Å². The van der Waals surface area contributed by atoms with E-state index in [0.29, 0.717) is 22.2 Å². The molecule has 8 heteroatoms. The Morgan fingerprint density at radius 3 is 3.04 bits per heavy atom. The highest BCUT2D eigenvalue weighted by Gasteiger charge is 2.19. The van der Waals surface area contributed by atoms with Gasteiger partial charge in [-0.25, -0.2) is 4.98 Å². The van der Waals surface area contributed by atoms with Gasteiger partial charge in [-0.1, -0.05) is 11.6 Å². The standard InChI is InChI=1S/C17H14ClN3O2S2/c1-20(9-10-7-11(18)3-4-13(10)23-2)16(22)14-8-12-15(25-14)19-17-21(12)5-6-24-17/h3-8H,9H2,1-2H3. The molecule has 3 aromatic heterocycles. The zero-order valence-corrected chi connectivity index (χ0v) is 15.9. The molecule has 0 aliphatic heterocycles. The molecule has 0 spiro atoms. The molecule has 0 radical (unpaired) electrons. The number of fused-ring (bicyclic) bond motifs is 3. The minimum absolute atomic E-state index is 0.0472. The van der Waals surface area contributed by atoms with E-state index < -0.39 is 0 Å². The van der Waals surface area contributed by atoms with Crippen LogP contribution in [0.4, 0.5) is 0 Å². The summed E-state index contributed by atoms with van der Waals surface area (Å²) in [7, 11) is 3.38. The first-order chi connectivity index (χ1) is 12.1. The molecule has 4 rings (SSSR count). The molecule has 0 aliphatic rings. The number of benzene rings is 1. The molecule has 0 saturated carbocycles. The van der Waals surface area contributed by atoms with Crippen molar-refractivity contribution < 1.29 is 9.53 Å². The Labute approximate surface area is 157 Å². The lowest BCUT2D eigenvalue weighted by molar-refractivity contribution is 0.0789. The summed E-state index contributed by atoms with van der Waals surface area (Å²) < 4.78 is 7.36. The van der Waals surface area contributed by atoms with E-state index in [4.69, 9.17) is 16.3 Å². The highest BCUT2D eigenvalue weighted by Crippen LogP contribution is 2.30. The number of thiazole rings is 1. The maximum Gasteiger partial charge on any atom is 0.264 e. The molecule has 0 N–H and O–H groups in total. The van der Waals surface area contributed by atoms with Gasteiger partial charge in [0.15, 0.2) is 4.96 Å². The van der Waals surface area contributed by atoms with Crippen LogP contribution in [-0.4, -0.2) is 34.3 Å². The monoisotopic (exact) mass is 391 g/mol. The fourth-order valence-electron chi connectivity index (χ4n) is 2.74. The number of thiophene rings is 1. The van der Waals surface area contributed by atoms with Gasteiger partial charge in [-0.15, -0.1) is 22.7 Å². The average Bonchev–Trinajstić information content (AvgIpc) is 3.26. The molecule has 1 amide bonds. The van der Waals surface area contributed by atoms with Gasteiger partial charge in [-0.3, -0.25) is 9.20 Å². The maximum atomic E-state index is 12.8. The third-order valence-electron chi connectivity index (χ3n) is 3.95. The van der Waals surface area contributed by atoms with Crippen molar-refractivity contribution in [2.45, 2.75) is 6.54 Å². The minimum Gasteiger partial charge on any atom is -0.496 e. The second-order valence-corrected chi connectivity index (χ2v) is 7.93. The van der Waals surface area contributed by atoms with Crippen molar-refractivity contribution in [1.82, 2.24) is 14.3 Å². The lowest BCUT2D eigenvalue weighted by atomic mass is 10.2. The smallest absolute Gasteiger partial charge is 0.264 e. The molecular formula is C17H14ClN3O2S2. The summed E-state index contributed by atoms with van der Waals surface area (Å²) in [6.45, 7) is 0.416. The van der Waals surface area contributed by atoms with Crippen molar-refractivity contribution in [3.8, 4) is 5.75 Å². The van der Waals surface area contributed by atoms with Crippen LogP contribution in [0.1, 0.15) is 15.2 Å². The number of carbonyl (C=O) groups is 1. The Bertz CT molecular complexity index is 1080. The predicted molar refractivity (Wildman–Crippen MR) is 102 cm³/mol. The fourth-order valence-corrected chi connectivity index (χ4v) is 4.73. The molecule has 3 heterocycles. The summed E-state index contributed by atoms with van der Waals surface area (Å²) in [5.74, 6) is 0.667. The van der Waals surface area contributed by atoms with Gasteiger partial charge in [0.2, 0.25) is 0 Å². The van der Waals surface area contributed by atoms with E-state index in [2.05, 4.69) is 4.98 Å². The average molecular weight is 392 g/mol. The van der Waals surface area contributed by atoms with Crippen LogP contribution in [-0.2, 0) is 6.54 Å². The minimum atomic E-state index is -0.0472. The number of halogens is 1. The molecule has 4 aromatic rings. The third-order valence-corrected chi connectivity index (χ3v) is 5.95. The van der Waals surface area contributed by atoms with Gasteiger partial charge in [0.05, 0.1) is 17.5 Å². The van der Waals surface area contributed by atoms with Crippen LogP contribution in [0.25, 0.3) is 15.3 Å². The van der Waals surface area contributed by atoms with Crippen molar-refractivity contribution in [1.29, 1.82) is 0 Å². The Hall–Kier alpha value is -2.09. The van der Waals surface area contributed by atoms with Gasteiger partial charge < -0.3 is 9.64 Å².